The number of benzene rings is 2. The third-order valence-corrected chi connectivity index (χ3v) is 6.18. The van der Waals surface area contributed by atoms with Crippen molar-refractivity contribution in [2.24, 2.45) is 5.10 Å². The first-order valence-corrected chi connectivity index (χ1v) is 11.6. The number of hydrogen-bond acceptors (Lipinski definition) is 7. The minimum Gasteiger partial charge on any atom is -0.493 e. The van der Waals surface area contributed by atoms with Gasteiger partial charge < -0.3 is 14.8 Å². The summed E-state index contributed by atoms with van der Waals surface area (Å²) in [6, 6.07) is 17.9. The van der Waals surface area contributed by atoms with Crippen molar-refractivity contribution in [1.29, 1.82) is 0 Å². The van der Waals surface area contributed by atoms with Crippen LogP contribution in [0.2, 0.25) is 0 Å². The minimum atomic E-state index is -0.458. The van der Waals surface area contributed by atoms with Gasteiger partial charge in [-0.05, 0) is 35.9 Å². The van der Waals surface area contributed by atoms with Gasteiger partial charge >= 0.3 is 5.24 Å². The fraction of sp³-hybridized carbons (Fsp3) is 0.200. The molecule has 0 bridgehead atoms. The van der Waals surface area contributed by atoms with Crippen molar-refractivity contribution < 1.29 is 19.1 Å². The number of nitrogens with one attached hydrogen (secondary N) is 1. The molecule has 2 aromatic carbocycles. The predicted molar refractivity (Wildman–Crippen MR) is 132 cm³/mol. The molecule has 1 aromatic heterocycles. The fourth-order valence-corrected chi connectivity index (χ4v) is 4.28. The number of aromatic nitrogens is 1. The van der Waals surface area contributed by atoms with Crippen molar-refractivity contribution in [1.82, 2.24) is 15.3 Å². The maximum absolute atomic E-state index is 12.9. The van der Waals surface area contributed by atoms with Crippen LogP contribution in [0.25, 0.3) is 0 Å². The molecule has 0 saturated heterocycles. The Labute approximate surface area is 202 Å². The zero-order valence-corrected chi connectivity index (χ0v) is 19.6. The summed E-state index contributed by atoms with van der Waals surface area (Å²) in [5, 5.41) is 8.89. The van der Waals surface area contributed by atoms with Crippen molar-refractivity contribution in [2.45, 2.75) is 6.04 Å². The average Bonchev–Trinajstić information content (AvgIpc) is 2.90. The Morgan fingerprint density at radius 2 is 1.79 bits per heavy atom. The van der Waals surface area contributed by atoms with Gasteiger partial charge in [0.2, 0.25) is 0 Å². The molecule has 0 spiro atoms. The molecule has 0 saturated carbocycles. The minimum absolute atomic E-state index is 0.177. The number of carbonyl (C=O) groups excluding carboxylic acids is 2. The lowest BCUT2D eigenvalue weighted by atomic mass is 10.1. The molecule has 4 rings (SSSR count). The van der Waals surface area contributed by atoms with Crippen LogP contribution in [-0.4, -0.2) is 53.4 Å². The van der Waals surface area contributed by atoms with Crippen molar-refractivity contribution in [2.75, 3.05) is 26.5 Å². The van der Waals surface area contributed by atoms with Crippen LogP contribution in [-0.2, 0) is 0 Å². The fourth-order valence-electron chi connectivity index (χ4n) is 3.53. The molecule has 174 valence electrons. The normalized spacial score (nSPS) is 14.2. The Balaban J connectivity index is 1.61. The van der Waals surface area contributed by atoms with Gasteiger partial charge in [0.15, 0.2) is 11.5 Å². The molecule has 1 unspecified atom stereocenters. The molecule has 3 aromatic rings. The quantitative estimate of drug-likeness (QED) is 0.525. The van der Waals surface area contributed by atoms with E-state index in [9.17, 15) is 9.59 Å². The van der Waals surface area contributed by atoms with E-state index in [1.165, 1.54) is 16.8 Å². The van der Waals surface area contributed by atoms with Crippen LogP contribution in [0.1, 0.15) is 27.5 Å². The van der Waals surface area contributed by atoms with Gasteiger partial charge in [-0.1, -0.05) is 42.1 Å². The molecule has 1 atom stereocenters. The number of pyridine rings is 1. The summed E-state index contributed by atoms with van der Waals surface area (Å²) in [6.45, 7) is 0.184. The zero-order chi connectivity index (χ0) is 23.9. The van der Waals surface area contributed by atoms with Crippen LogP contribution in [0, 0.1) is 0 Å². The lowest BCUT2D eigenvalue weighted by Crippen LogP contribution is -2.39. The van der Waals surface area contributed by atoms with Gasteiger partial charge in [-0.25, -0.2) is 5.01 Å². The third-order valence-electron chi connectivity index (χ3n) is 5.31. The van der Waals surface area contributed by atoms with Crippen LogP contribution in [0.15, 0.2) is 78.2 Å². The molecule has 9 heteroatoms. The largest absolute Gasteiger partial charge is 0.493 e. The summed E-state index contributed by atoms with van der Waals surface area (Å²) in [4.78, 5) is 29.6. The highest BCUT2D eigenvalue weighted by Gasteiger charge is 2.27. The summed E-state index contributed by atoms with van der Waals surface area (Å²) in [5.74, 6) is 1.39. The van der Waals surface area contributed by atoms with Crippen LogP contribution >= 0.6 is 11.8 Å². The van der Waals surface area contributed by atoms with Crippen LogP contribution in [0.3, 0.4) is 0 Å². The average molecular weight is 477 g/mol. The Hall–Kier alpha value is -3.85. The number of ether oxygens (including phenoxy) is 2. The highest BCUT2D eigenvalue weighted by molar-refractivity contribution is 8.14. The molecular weight excluding hydrogens is 452 g/mol. The molecule has 0 radical (unpaired) electrons. The Kier molecular flexibility index (Phi) is 7.44. The Morgan fingerprint density at radius 1 is 1.06 bits per heavy atom. The topological polar surface area (TPSA) is 93.1 Å². The molecular formula is C25H24N4O4S. The van der Waals surface area contributed by atoms with Gasteiger partial charge in [0.1, 0.15) is 0 Å². The predicted octanol–water partition coefficient (Wildman–Crippen LogP) is 4.14. The molecule has 1 aliphatic rings. The highest BCUT2D eigenvalue weighted by atomic mass is 32.2. The standard InChI is InChI=1S/C25H24N4O4S/c1-32-22-9-8-19(14-23(22)33-2)21-16-34-25(31)29(28-21)15-20(17-6-4-3-5-7-17)27-24(30)18-10-12-26-13-11-18/h3-14,20H,15-16H2,1-2H3,(H,27,30). The lowest BCUT2D eigenvalue weighted by molar-refractivity contribution is 0.0928. The van der Waals surface area contributed by atoms with E-state index in [0.717, 1.165) is 16.8 Å². The van der Waals surface area contributed by atoms with Gasteiger partial charge in [0.05, 0.1) is 32.5 Å². The number of hydrazone groups is 1. The Bertz CT molecular complexity index is 1190. The Morgan fingerprint density at radius 3 is 2.50 bits per heavy atom. The van der Waals surface area contributed by atoms with E-state index >= 15 is 0 Å². The second-order valence-corrected chi connectivity index (χ2v) is 8.35. The third kappa shape index (κ3) is 5.37. The van der Waals surface area contributed by atoms with E-state index in [1.807, 2.05) is 48.5 Å². The van der Waals surface area contributed by atoms with E-state index in [-0.39, 0.29) is 17.7 Å². The van der Waals surface area contributed by atoms with Crippen molar-refractivity contribution >= 4 is 28.6 Å². The van der Waals surface area contributed by atoms with Gasteiger partial charge in [-0.3, -0.25) is 14.6 Å². The van der Waals surface area contributed by atoms with Gasteiger partial charge in [0.25, 0.3) is 5.91 Å². The summed E-state index contributed by atoms with van der Waals surface area (Å²) in [7, 11) is 3.15. The second kappa shape index (κ2) is 10.8. The van der Waals surface area contributed by atoms with Gasteiger partial charge in [0, 0.05) is 29.3 Å². The monoisotopic (exact) mass is 476 g/mol. The number of hydrogen-bond donors (Lipinski definition) is 1. The molecule has 1 aliphatic heterocycles. The SMILES string of the molecule is COc1ccc(C2=NN(CC(NC(=O)c3ccncc3)c3ccccc3)C(=O)SC2)cc1OC. The summed E-state index contributed by atoms with van der Waals surface area (Å²) >= 11 is 1.17. The number of carbonyl (C=O) groups is 2. The molecule has 34 heavy (non-hydrogen) atoms. The lowest BCUT2D eigenvalue weighted by Gasteiger charge is -2.28. The maximum atomic E-state index is 12.9. The van der Waals surface area contributed by atoms with Crippen LogP contribution in [0.5, 0.6) is 11.5 Å². The molecule has 2 heterocycles. The van der Waals surface area contributed by atoms with Crippen molar-refractivity contribution in [3.05, 3.63) is 89.7 Å². The first kappa shape index (κ1) is 23.3. The molecule has 2 amide bonds. The number of nitrogens with zero attached hydrogens (tertiary/aromatic N) is 3. The zero-order valence-electron chi connectivity index (χ0n) is 18.8. The van der Waals surface area contributed by atoms with E-state index in [1.54, 1.807) is 38.7 Å². The van der Waals surface area contributed by atoms with E-state index in [0.29, 0.717) is 22.8 Å². The van der Waals surface area contributed by atoms with Crippen molar-refractivity contribution in [3.8, 4) is 11.5 Å². The summed E-state index contributed by atoms with van der Waals surface area (Å²) in [5.41, 5.74) is 2.93. The van der Waals surface area contributed by atoms with Gasteiger partial charge in [-0.15, -0.1) is 0 Å². The first-order chi connectivity index (χ1) is 16.6. The van der Waals surface area contributed by atoms with E-state index < -0.39 is 6.04 Å². The molecule has 8 nitrogen and oxygen atoms in total. The smallest absolute Gasteiger partial charge is 0.302 e. The highest BCUT2D eigenvalue weighted by Crippen LogP contribution is 2.30. The number of thioether (sulfide) groups is 1. The number of methoxy groups -OCH3 is 2. The second-order valence-electron chi connectivity index (χ2n) is 7.43. The van der Waals surface area contributed by atoms with E-state index in [2.05, 4.69) is 15.4 Å². The molecule has 0 fully saturated rings. The molecule has 1 N–H and O–H groups in total. The van der Waals surface area contributed by atoms with Crippen LogP contribution in [0.4, 0.5) is 4.79 Å². The number of amides is 2. The molecule has 0 aliphatic carbocycles. The van der Waals surface area contributed by atoms with E-state index in [4.69, 9.17) is 9.47 Å². The summed E-state index contributed by atoms with van der Waals surface area (Å²) < 4.78 is 10.7. The maximum Gasteiger partial charge on any atom is 0.302 e. The van der Waals surface area contributed by atoms with Crippen molar-refractivity contribution in [3.63, 3.8) is 0 Å². The van der Waals surface area contributed by atoms with Crippen LogP contribution < -0.4 is 14.8 Å². The summed E-state index contributed by atoms with van der Waals surface area (Å²) in [6.07, 6.45) is 3.13. The first-order valence-electron chi connectivity index (χ1n) is 10.6. The van der Waals surface area contributed by atoms with Gasteiger partial charge in [-0.2, -0.15) is 5.10 Å². The number of rotatable bonds is 8.